The Kier molecular flexibility index (Phi) is 5.24. The lowest BCUT2D eigenvalue weighted by molar-refractivity contribution is -0.142. The van der Waals surface area contributed by atoms with Crippen molar-refractivity contribution in [2.24, 2.45) is 5.73 Å². The molecule has 5 nitrogen and oxygen atoms in total. The fraction of sp³-hybridized carbons (Fsp3) is 0.533. The normalized spacial score (nSPS) is 22.1. The largest absolute Gasteiger partial charge is 0.482 e. The molecule has 0 bridgehead atoms. The number of anilines is 1. The van der Waals surface area contributed by atoms with Gasteiger partial charge in [-0.3, -0.25) is 0 Å². The van der Waals surface area contributed by atoms with E-state index in [0.717, 1.165) is 24.9 Å². The average molecular weight is 278 g/mol. The van der Waals surface area contributed by atoms with Gasteiger partial charge in [-0.15, -0.1) is 0 Å². The fourth-order valence-electron chi connectivity index (χ4n) is 2.44. The van der Waals surface area contributed by atoms with Crippen LogP contribution in [0.15, 0.2) is 24.3 Å². The van der Waals surface area contributed by atoms with Gasteiger partial charge in [0.1, 0.15) is 5.75 Å². The summed E-state index contributed by atoms with van der Waals surface area (Å²) in [7, 11) is 1.34. The van der Waals surface area contributed by atoms with Crippen molar-refractivity contribution < 1.29 is 14.3 Å². The zero-order valence-electron chi connectivity index (χ0n) is 11.8. The van der Waals surface area contributed by atoms with Crippen molar-refractivity contribution in [3.05, 3.63) is 24.3 Å². The number of methoxy groups -OCH3 is 1. The number of ether oxygens (including phenoxy) is 2. The molecule has 5 heteroatoms. The molecular formula is C15H22N2O3. The van der Waals surface area contributed by atoms with E-state index in [9.17, 15) is 4.79 Å². The minimum absolute atomic E-state index is 0.0687. The summed E-state index contributed by atoms with van der Waals surface area (Å²) >= 11 is 0. The molecule has 0 aromatic heterocycles. The van der Waals surface area contributed by atoms with Gasteiger partial charge in [-0.2, -0.15) is 0 Å². The second kappa shape index (κ2) is 7.14. The van der Waals surface area contributed by atoms with Crippen molar-refractivity contribution in [2.75, 3.05) is 19.0 Å². The third kappa shape index (κ3) is 4.42. The number of carbonyl (C=O) groups excluding carboxylic acids is 1. The van der Waals surface area contributed by atoms with Crippen LogP contribution in [0.2, 0.25) is 0 Å². The van der Waals surface area contributed by atoms with Gasteiger partial charge < -0.3 is 20.5 Å². The quantitative estimate of drug-likeness (QED) is 0.805. The molecule has 1 aliphatic rings. The van der Waals surface area contributed by atoms with Gasteiger partial charge in [-0.25, -0.2) is 4.79 Å². The van der Waals surface area contributed by atoms with Crippen molar-refractivity contribution in [3.63, 3.8) is 0 Å². The lowest BCUT2D eigenvalue weighted by Crippen LogP contribution is -2.34. The molecule has 1 saturated carbocycles. The third-order valence-electron chi connectivity index (χ3n) is 3.52. The Morgan fingerprint density at radius 2 is 2.10 bits per heavy atom. The van der Waals surface area contributed by atoms with E-state index in [4.69, 9.17) is 10.5 Å². The number of nitrogens with two attached hydrogens (primary N) is 1. The van der Waals surface area contributed by atoms with Gasteiger partial charge in [0.05, 0.1) is 7.11 Å². The van der Waals surface area contributed by atoms with Crippen molar-refractivity contribution in [1.29, 1.82) is 0 Å². The Bertz CT molecular complexity index is 433. The molecular weight excluding hydrogens is 256 g/mol. The summed E-state index contributed by atoms with van der Waals surface area (Å²) in [6, 6.07) is 8.34. The molecule has 1 aromatic carbocycles. The summed E-state index contributed by atoms with van der Waals surface area (Å²) in [4.78, 5) is 11.0. The van der Waals surface area contributed by atoms with Crippen molar-refractivity contribution in [3.8, 4) is 5.75 Å². The van der Waals surface area contributed by atoms with Crippen molar-refractivity contribution >= 4 is 11.7 Å². The van der Waals surface area contributed by atoms with Gasteiger partial charge in [-0.05, 0) is 49.9 Å². The Balaban J connectivity index is 1.83. The predicted octanol–water partition coefficient (Wildman–Crippen LogP) is 1.92. The average Bonchev–Trinajstić information content (AvgIpc) is 2.46. The Morgan fingerprint density at radius 3 is 2.75 bits per heavy atom. The van der Waals surface area contributed by atoms with Crippen LogP contribution < -0.4 is 15.8 Å². The van der Waals surface area contributed by atoms with E-state index >= 15 is 0 Å². The number of nitrogens with one attached hydrogen (secondary N) is 1. The number of esters is 1. The van der Waals surface area contributed by atoms with Crippen LogP contribution in [0.5, 0.6) is 5.75 Å². The first kappa shape index (κ1) is 14.7. The van der Waals surface area contributed by atoms with Gasteiger partial charge in [0.15, 0.2) is 6.61 Å². The molecule has 1 aromatic rings. The van der Waals surface area contributed by atoms with Crippen molar-refractivity contribution in [2.45, 2.75) is 37.8 Å². The molecule has 0 amide bonds. The van der Waals surface area contributed by atoms with E-state index in [-0.39, 0.29) is 12.6 Å². The molecule has 0 heterocycles. The second-order valence-corrected chi connectivity index (χ2v) is 5.16. The van der Waals surface area contributed by atoms with Crippen LogP contribution in [-0.4, -0.2) is 31.8 Å². The number of hydrogen-bond donors (Lipinski definition) is 2. The Labute approximate surface area is 119 Å². The second-order valence-electron chi connectivity index (χ2n) is 5.16. The monoisotopic (exact) mass is 278 g/mol. The van der Waals surface area contributed by atoms with E-state index in [1.165, 1.54) is 13.5 Å². The van der Waals surface area contributed by atoms with E-state index in [1.807, 2.05) is 24.3 Å². The summed E-state index contributed by atoms with van der Waals surface area (Å²) in [6.07, 6.45) is 4.48. The molecule has 1 fully saturated rings. The first-order valence-electron chi connectivity index (χ1n) is 6.99. The van der Waals surface area contributed by atoms with Gasteiger partial charge in [-0.1, -0.05) is 0 Å². The Hall–Kier alpha value is -1.75. The summed E-state index contributed by atoms with van der Waals surface area (Å²) in [5.74, 6) is 0.268. The summed E-state index contributed by atoms with van der Waals surface area (Å²) in [5, 5.41) is 3.49. The van der Waals surface area contributed by atoms with E-state index in [1.54, 1.807) is 0 Å². The number of benzene rings is 1. The predicted molar refractivity (Wildman–Crippen MR) is 77.8 cm³/mol. The van der Waals surface area contributed by atoms with Gasteiger partial charge in [0.2, 0.25) is 0 Å². The van der Waals surface area contributed by atoms with Crippen LogP contribution in [0.4, 0.5) is 5.69 Å². The maximum Gasteiger partial charge on any atom is 0.343 e. The first-order chi connectivity index (χ1) is 9.67. The topological polar surface area (TPSA) is 73.6 Å². The SMILES string of the molecule is COC(=O)COc1ccc(NC2CCCC(N)C2)cc1. The number of carbonyl (C=O) groups is 1. The molecule has 2 atom stereocenters. The van der Waals surface area contributed by atoms with Gasteiger partial charge >= 0.3 is 5.97 Å². The summed E-state index contributed by atoms with van der Waals surface area (Å²) in [5.41, 5.74) is 7.03. The van der Waals surface area contributed by atoms with Crippen LogP contribution in [0.1, 0.15) is 25.7 Å². The molecule has 3 N–H and O–H groups in total. The minimum Gasteiger partial charge on any atom is -0.482 e. The molecule has 0 aliphatic heterocycles. The molecule has 0 radical (unpaired) electrons. The fourth-order valence-corrected chi connectivity index (χ4v) is 2.44. The Morgan fingerprint density at radius 1 is 1.35 bits per heavy atom. The maximum absolute atomic E-state index is 11.0. The van der Waals surface area contributed by atoms with Crippen LogP contribution in [0, 0.1) is 0 Å². The molecule has 2 rings (SSSR count). The van der Waals surface area contributed by atoms with Crippen LogP contribution >= 0.6 is 0 Å². The maximum atomic E-state index is 11.0. The van der Waals surface area contributed by atoms with Crippen LogP contribution in [0.3, 0.4) is 0 Å². The van der Waals surface area contributed by atoms with Crippen LogP contribution in [-0.2, 0) is 9.53 Å². The molecule has 0 spiro atoms. The molecule has 2 unspecified atom stereocenters. The van der Waals surface area contributed by atoms with Crippen LogP contribution in [0.25, 0.3) is 0 Å². The number of hydrogen-bond acceptors (Lipinski definition) is 5. The zero-order valence-corrected chi connectivity index (χ0v) is 11.8. The van der Waals surface area contributed by atoms with Gasteiger partial charge in [0.25, 0.3) is 0 Å². The number of rotatable bonds is 5. The zero-order chi connectivity index (χ0) is 14.4. The highest BCUT2D eigenvalue weighted by Gasteiger charge is 2.18. The highest BCUT2D eigenvalue weighted by molar-refractivity contribution is 5.70. The molecule has 110 valence electrons. The molecule has 20 heavy (non-hydrogen) atoms. The van der Waals surface area contributed by atoms with Crippen molar-refractivity contribution in [1.82, 2.24) is 0 Å². The van der Waals surface area contributed by atoms with E-state index in [2.05, 4.69) is 10.1 Å². The highest BCUT2D eigenvalue weighted by atomic mass is 16.6. The van der Waals surface area contributed by atoms with Gasteiger partial charge in [0, 0.05) is 17.8 Å². The standard InChI is InChI=1S/C15H22N2O3/c1-19-15(18)10-20-14-7-5-12(6-8-14)17-13-4-2-3-11(16)9-13/h5-8,11,13,17H,2-4,9-10,16H2,1H3. The highest BCUT2D eigenvalue weighted by Crippen LogP contribution is 2.22. The first-order valence-corrected chi connectivity index (χ1v) is 6.99. The lowest BCUT2D eigenvalue weighted by atomic mass is 9.91. The minimum atomic E-state index is -0.386. The third-order valence-corrected chi connectivity index (χ3v) is 3.52. The molecule has 1 aliphatic carbocycles. The summed E-state index contributed by atoms with van der Waals surface area (Å²) in [6.45, 7) is -0.0687. The smallest absolute Gasteiger partial charge is 0.343 e. The molecule has 0 saturated heterocycles. The summed E-state index contributed by atoms with van der Waals surface area (Å²) < 4.78 is 9.82. The van der Waals surface area contributed by atoms with E-state index < -0.39 is 0 Å². The lowest BCUT2D eigenvalue weighted by Gasteiger charge is -2.28. The van der Waals surface area contributed by atoms with E-state index in [0.29, 0.717) is 17.8 Å².